The Morgan fingerprint density at radius 2 is 1.90 bits per heavy atom. The lowest BCUT2D eigenvalue weighted by molar-refractivity contribution is -0.127. The van der Waals surface area contributed by atoms with Gasteiger partial charge in [0.05, 0.1) is 29.4 Å². The highest BCUT2D eigenvalue weighted by Crippen LogP contribution is 2.63. The summed E-state index contributed by atoms with van der Waals surface area (Å²) in [4.78, 5) is 13.2. The number of carbonyl (C=O) groups is 1. The van der Waals surface area contributed by atoms with Crippen LogP contribution in [-0.2, 0) is 9.53 Å². The predicted molar refractivity (Wildman–Crippen MR) is 110 cm³/mol. The first-order valence-electron chi connectivity index (χ1n) is 11.0. The van der Waals surface area contributed by atoms with Crippen LogP contribution in [0.4, 0.5) is 13.2 Å². The highest BCUT2D eigenvalue weighted by Gasteiger charge is 2.59. The molecule has 4 nitrogen and oxygen atoms in total. The number of aliphatic hydroxyl groups excluding tert-OH is 1. The van der Waals surface area contributed by atoms with Crippen molar-refractivity contribution in [2.75, 3.05) is 0 Å². The molecule has 0 radical (unpaired) electrons. The van der Waals surface area contributed by atoms with Crippen molar-refractivity contribution in [1.82, 2.24) is 5.32 Å². The number of amides is 1. The zero-order chi connectivity index (χ0) is 22.6. The molecule has 0 unspecified atom stereocenters. The minimum atomic E-state index is -1.35. The number of aliphatic hydroxyl groups is 1. The minimum Gasteiger partial charge on any atom is -0.390 e. The average molecular weight is 460 g/mol. The highest BCUT2D eigenvalue weighted by atomic mass is 35.5. The smallest absolute Gasteiger partial charge is 0.223 e. The molecular formula is C23H29ClF3NO3. The van der Waals surface area contributed by atoms with Crippen molar-refractivity contribution >= 4 is 17.5 Å². The molecular weight excluding hydrogens is 431 g/mol. The van der Waals surface area contributed by atoms with Crippen molar-refractivity contribution in [1.29, 1.82) is 0 Å². The molecule has 4 rings (SSSR count). The molecule has 0 heterocycles. The standard InChI is InChI=1S/C23H29ClF3NO3/c1-12(2)31-17-10-13(9-16(17)29)21(30)28-20(18-15(25)4-3-14(24)19(18)26)22-5-7-23(27,11-22)8-6-22/h3-4,12-13,16-17,20,29H,5-11H2,1-2H3,(H,28,30)/t13-,16+,17-,20-,22?,23?/m1/s1. The molecule has 0 spiro atoms. The summed E-state index contributed by atoms with van der Waals surface area (Å²) in [5.41, 5.74) is -2.42. The quantitative estimate of drug-likeness (QED) is 0.588. The summed E-state index contributed by atoms with van der Waals surface area (Å²) in [5.74, 6) is -2.69. The Bertz CT molecular complexity index is 857. The van der Waals surface area contributed by atoms with E-state index in [-0.39, 0.29) is 29.5 Å². The van der Waals surface area contributed by atoms with Crippen molar-refractivity contribution in [3.8, 4) is 0 Å². The third kappa shape index (κ3) is 4.21. The topological polar surface area (TPSA) is 58.6 Å². The summed E-state index contributed by atoms with van der Waals surface area (Å²) in [5, 5.41) is 12.9. The van der Waals surface area contributed by atoms with Gasteiger partial charge in [0.2, 0.25) is 5.91 Å². The van der Waals surface area contributed by atoms with Gasteiger partial charge in [-0.1, -0.05) is 11.6 Å². The van der Waals surface area contributed by atoms with E-state index in [9.17, 15) is 23.1 Å². The normalized spacial score (nSPS) is 35.7. The lowest BCUT2D eigenvalue weighted by Gasteiger charge is -2.37. The molecule has 0 saturated heterocycles. The monoisotopic (exact) mass is 459 g/mol. The van der Waals surface area contributed by atoms with Gasteiger partial charge in [-0.2, -0.15) is 0 Å². The van der Waals surface area contributed by atoms with Crippen LogP contribution in [-0.4, -0.2) is 35.0 Å². The molecule has 2 bridgehead atoms. The van der Waals surface area contributed by atoms with Gasteiger partial charge >= 0.3 is 0 Å². The molecule has 1 aromatic rings. The number of ether oxygens (including phenoxy) is 1. The zero-order valence-electron chi connectivity index (χ0n) is 17.8. The molecule has 3 saturated carbocycles. The Kier molecular flexibility index (Phi) is 6.07. The van der Waals surface area contributed by atoms with Gasteiger partial charge in [0.1, 0.15) is 17.3 Å². The van der Waals surface area contributed by atoms with Crippen LogP contribution >= 0.6 is 11.6 Å². The Balaban J connectivity index is 1.63. The second-order valence-corrected chi connectivity index (χ2v) is 10.3. The molecule has 4 atom stereocenters. The van der Waals surface area contributed by atoms with Crippen molar-refractivity contribution in [2.24, 2.45) is 11.3 Å². The molecule has 3 aliphatic rings. The van der Waals surface area contributed by atoms with E-state index in [1.807, 2.05) is 13.8 Å². The number of benzene rings is 1. The average Bonchev–Trinajstić information content (AvgIpc) is 3.35. The maximum Gasteiger partial charge on any atom is 0.223 e. The molecule has 8 heteroatoms. The molecule has 172 valence electrons. The zero-order valence-corrected chi connectivity index (χ0v) is 18.5. The first-order chi connectivity index (χ1) is 14.5. The molecule has 1 amide bonds. The van der Waals surface area contributed by atoms with E-state index in [4.69, 9.17) is 16.3 Å². The molecule has 3 aliphatic carbocycles. The Morgan fingerprint density at radius 3 is 2.48 bits per heavy atom. The van der Waals surface area contributed by atoms with Crippen LogP contribution in [0.25, 0.3) is 0 Å². The van der Waals surface area contributed by atoms with E-state index in [1.54, 1.807) is 0 Å². The largest absolute Gasteiger partial charge is 0.390 e. The summed E-state index contributed by atoms with van der Waals surface area (Å²) in [6, 6.07) is 1.19. The number of carbonyl (C=O) groups excluding carboxylic acids is 1. The van der Waals surface area contributed by atoms with E-state index >= 15 is 0 Å². The second-order valence-electron chi connectivity index (χ2n) is 9.85. The molecule has 31 heavy (non-hydrogen) atoms. The molecule has 0 aliphatic heterocycles. The Labute approximate surface area is 185 Å². The van der Waals surface area contributed by atoms with Gasteiger partial charge < -0.3 is 15.2 Å². The first-order valence-corrected chi connectivity index (χ1v) is 11.4. The van der Waals surface area contributed by atoms with Gasteiger partial charge in [-0.15, -0.1) is 0 Å². The number of alkyl halides is 1. The van der Waals surface area contributed by atoms with Crippen LogP contribution in [0.5, 0.6) is 0 Å². The van der Waals surface area contributed by atoms with E-state index in [1.165, 1.54) is 0 Å². The van der Waals surface area contributed by atoms with Gasteiger partial charge in [-0.25, -0.2) is 13.2 Å². The van der Waals surface area contributed by atoms with Gasteiger partial charge in [-0.05, 0) is 76.3 Å². The first kappa shape index (κ1) is 22.9. The molecule has 1 aromatic carbocycles. The van der Waals surface area contributed by atoms with Crippen LogP contribution in [0, 0.1) is 23.0 Å². The van der Waals surface area contributed by atoms with Crippen molar-refractivity contribution in [3.05, 3.63) is 34.4 Å². The number of rotatable bonds is 6. The fourth-order valence-corrected chi connectivity index (χ4v) is 6.02. The number of halogens is 4. The predicted octanol–water partition coefficient (Wildman–Crippen LogP) is 5.01. The summed E-state index contributed by atoms with van der Waals surface area (Å²) in [6.45, 7) is 3.70. The lowest BCUT2D eigenvalue weighted by Crippen LogP contribution is -2.42. The summed E-state index contributed by atoms with van der Waals surface area (Å²) in [7, 11) is 0. The third-order valence-corrected chi connectivity index (χ3v) is 7.66. The maximum absolute atomic E-state index is 15.0. The van der Waals surface area contributed by atoms with Crippen molar-refractivity contribution in [3.63, 3.8) is 0 Å². The van der Waals surface area contributed by atoms with Gasteiger partial charge in [0, 0.05) is 11.5 Å². The van der Waals surface area contributed by atoms with E-state index in [0.717, 1.165) is 12.1 Å². The third-order valence-electron chi connectivity index (χ3n) is 7.37. The molecule has 2 N–H and O–H groups in total. The van der Waals surface area contributed by atoms with Crippen LogP contribution in [0.2, 0.25) is 5.02 Å². The van der Waals surface area contributed by atoms with Crippen LogP contribution in [0.1, 0.15) is 70.4 Å². The van der Waals surface area contributed by atoms with Crippen molar-refractivity contribution in [2.45, 2.75) is 88.8 Å². The number of hydrogen-bond donors (Lipinski definition) is 2. The van der Waals surface area contributed by atoms with Gasteiger partial charge in [0.25, 0.3) is 0 Å². The summed E-state index contributed by atoms with van der Waals surface area (Å²) in [6.07, 6.45) is 0.827. The van der Waals surface area contributed by atoms with Crippen LogP contribution in [0.15, 0.2) is 12.1 Å². The number of nitrogens with one attached hydrogen (secondary N) is 1. The fraction of sp³-hybridized carbons (Fsp3) is 0.696. The van der Waals surface area contributed by atoms with Crippen LogP contribution < -0.4 is 5.32 Å². The molecule has 0 aromatic heterocycles. The maximum atomic E-state index is 15.0. The van der Waals surface area contributed by atoms with E-state index in [0.29, 0.717) is 32.1 Å². The van der Waals surface area contributed by atoms with E-state index < -0.39 is 52.8 Å². The fourth-order valence-electron chi connectivity index (χ4n) is 5.86. The molecule has 3 fully saturated rings. The Hall–Kier alpha value is -1.31. The summed E-state index contributed by atoms with van der Waals surface area (Å²) >= 11 is 5.94. The van der Waals surface area contributed by atoms with Crippen molar-refractivity contribution < 1.29 is 27.8 Å². The summed E-state index contributed by atoms with van der Waals surface area (Å²) < 4.78 is 50.5. The van der Waals surface area contributed by atoms with Gasteiger partial charge in [-0.3, -0.25) is 4.79 Å². The Morgan fingerprint density at radius 1 is 1.23 bits per heavy atom. The van der Waals surface area contributed by atoms with Crippen LogP contribution in [0.3, 0.4) is 0 Å². The SMILES string of the molecule is CC(C)O[C@@H]1C[C@H](C(=O)N[C@H](c2c(F)ccc(Cl)c2F)C23CCC(F)(CC2)C3)C[C@@H]1O. The number of fused-ring (bicyclic) bond motifs is 2. The highest BCUT2D eigenvalue weighted by molar-refractivity contribution is 6.30. The second kappa shape index (κ2) is 8.23. The number of hydrogen-bond acceptors (Lipinski definition) is 3. The minimum absolute atomic E-state index is 0.0996. The van der Waals surface area contributed by atoms with E-state index in [2.05, 4.69) is 5.32 Å². The lowest BCUT2D eigenvalue weighted by atomic mass is 9.74. The van der Waals surface area contributed by atoms with Gasteiger partial charge in [0.15, 0.2) is 0 Å².